The quantitative estimate of drug-likeness (QED) is 0.568. The van der Waals surface area contributed by atoms with Crippen LogP contribution in [-0.2, 0) is 21.3 Å². The summed E-state index contributed by atoms with van der Waals surface area (Å²) >= 11 is 1.36. The lowest BCUT2D eigenvalue weighted by Crippen LogP contribution is -2.13. The van der Waals surface area contributed by atoms with Gasteiger partial charge in [-0.05, 0) is 11.5 Å². The van der Waals surface area contributed by atoms with E-state index in [1.807, 2.05) is 24.3 Å². The first-order valence-corrected chi connectivity index (χ1v) is 11.0. The minimum Gasteiger partial charge on any atom is -0.277 e. The lowest BCUT2D eigenvalue weighted by atomic mass is 10.0. The van der Waals surface area contributed by atoms with Crippen LogP contribution in [0.1, 0.15) is 43.4 Å². The summed E-state index contributed by atoms with van der Waals surface area (Å²) in [5, 5.41) is 2.41. The number of halogens is 2. The highest BCUT2D eigenvalue weighted by molar-refractivity contribution is 7.89. The molecule has 0 saturated heterocycles. The molecule has 3 aromatic rings. The fourth-order valence-electron chi connectivity index (χ4n) is 2.62. The summed E-state index contributed by atoms with van der Waals surface area (Å²) in [5.74, 6) is -0.620. The van der Waals surface area contributed by atoms with Crippen molar-refractivity contribution in [1.29, 1.82) is 0 Å². The maximum atomic E-state index is 12.8. The Morgan fingerprint density at radius 2 is 1.85 bits per heavy atom. The van der Waals surface area contributed by atoms with E-state index in [0.717, 1.165) is 16.8 Å². The zero-order valence-corrected chi connectivity index (χ0v) is 16.5. The van der Waals surface area contributed by atoms with Gasteiger partial charge in [-0.1, -0.05) is 38.1 Å². The van der Waals surface area contributed by atoms with Crippen LogP contribution in [0.5, 0.6) is 0 Å². The number of imidazole rings is 1. The lowest BCUT2D eigenvalue weighted by Gasteiger charge is -2.06. The Bertz CT molecular complexity index is 1010. The molecule has 144 valence electrons. The molecule has 0 bridgehead atoms. The van der Waals surface area contributed by atoms with Crippen LogP contribution in [-0.4, -0.2) is 23.0 Å². The molecule has 0 aliphatic rings. The molecule has 0 aliphatic heterocycles. The third-order valence-electron chi connectivity index (χ3n) is 4.05. The number of sulfone groups is 1. The van der Waals surface area contributed by atoms with Crippen molar-refractivity contribution in [3.05, 3.63) is 59.1 Å². The van der Waals surface area contributed by atoms with E-state index in [4.69, 9.17) is 0 Å². The normalized spacial score (nSPS) is 12.2. The lowest BCUT2D eigenvalue weighted by molar-refractivity contribution is 0.0677. The van der Waals surface area contributed by atoms with E-state index < -0.39 is 22.1 Å². The van der Waals surface area contributed by atoms with Gasteiger partial charge >= 0.3 is 6.55 Å². The Labute approximate surface area is 160 Å². The first kappa shape index (κ1) is 19.6. The Kier molecular flexibility index (Phi) is 5.71. The number of alkyl halides is 2. The molecule has 2 heterocycles. The minimum atomic E-state index is -3.67. The van der Waals surface area contributed by atoms with Gasteiger partial charge in [-0.2, -0.15) is 8.78 Å². The van der Waals surface area contributed by atoms with E-state index in [1.54, 1.807) is 5.38 Å². The molecule has 0 atom stereocenters. The number of nitrogens with zero attached hydrogens (tertiary/aromatic N) is 3. The molecule has 0 unspecified atom stereocenters. The molecule has 0 spiro atoms. The SMILES string of the molecule is CC(C)c1ccc(-c2nc(CS(=O)(=O)Cc3nccn3C(F)F)cs2)cc1. The predicted octanol–water partition coefficient (Wildman–Crippen LogP) is 4.64. The van der Waals surface area contributed by atoms with Crippen LogP contribution in [0.15, 0.2) is 42.0 Å². The summed E-state index contributed by atoms with van der Waals surface area (Å²) in [6, 6.07) is 7.99. The molecule has 5 nitrogen and oxygen atoms in total. The molecule has 9 heteroatoms. The van der Waals surface area contributed by atoms with Gasteiger partial charge in [0.1, 0.15) is 16.6 Å². The number of hydrogen-bond acceptors (Lipinski definition) is 5. The van der Waals surface area contributed by atoms with Gasteiger partial charge in [-0.25, -0.2) is 18.4 Å². The molecule has 0 radical (unpaired) electrons. The average Bonchev–Trinajstić information content (AvgIpc) is 3.23. The third-order valence-corrected chi connectivity index (χ3v) is 6.43. The molecule has 0 N–H and O–H groups in total. The van der Waals surface area contributed by atoms with E-state index in [-0.39, 0.29) is 11.6 Å². The van der Waals surface area contributed by atoms with Crippen molar-refractivity contribution in [3.8, 4) is 10.6 Å². The van der Waals surface area contributed by atoms with Crippen molar-refractivity contribution in [1.82, 2.24) is 14.5 Å². The predicted molar refractivity (Wildman–Crippen MR) is 101 cm³/mol. The molecule has 2 aromatic heterocycles. The molecule has 27 heavy (non-hydrogen) atoms. The Morgan fingerprint density at radius 3 is 2.48 bits per heavy atom. The summed E-state index contributed by atoms with van der Waals surface area (Å²) < 4.78 is 51.0. The number of rotatable bonds is 7. The molecule has 0 amide bonds. The molecule has 0 saturated carbocycles. The fourth-order valence-corrected chi connectivity index (χ4v) is 4.87. The molecule has 3 rings (SSSR count). The number of aromatic nitrogens is 3. The second kappa shape index (κ2) is 7.85. The second-order valence-corrected chi connectivity index (χ2v) is 9.40. The topological polar surface area (TPSA) is 64.8 Å². The number of hydrogen-bond donors (Lipinski definition) is 0. The van der Waals surface area contributed by atoms with Crippen molar-refractivity contribution < 1.29 is 17.2 Å². The summed E-state index contributed by atoms with van der Waals surface area (Å²) in [7, 11) is -3.67. The van der Waals surface area contributed by atoms with Gasteiger partial charge in [0.25, 0.3) is 0 Å². The van der Waals surface area contributed by atoms with Gasteiger partial charge in [0.05, 0.1) is 11.4 Å². The summed E-state index contributed by atoms with van der Waals surface area (Å²) in [4.78, 5) is 8.12. The maximum absolute atomic E-state index is 12.8. The summed E-state index contributed by atoms with van der Waals surface area (Å²) in [6.07, 6.45) is 2.23. The third kappa shape index (κ3) is 4.78. The minimum absolute atomic E-state index is 0.176. The van der Waals surface area contributed by atoms with Crippen molar-refractivity contribution in [2.45, 2.75) is 37.8 Å². The highest BCUT2D eigenvalue weighted by atomic mass is 32.2. The van der Waals surface area contributed by atoms with Crippen molar-refractivity contribution in [3.63, 3.8) is 0 Å². The van der Waals surface area contributed by atoms with Gasteiger partial charge in [0.2, 0.25) is 0 Å². The van der Waals surface area contributed by atoms with Crippen molar-refractivity contribution >= 4 is 21.2 Å². The van der Waals surface area contributed by atoms with Gasteiger partial charge in [-0.3, -0.25) is 4.57 Å². The van der Waals surface area contributed by atoms with Gasteiger partial charge in [-0.15, -0.1) is 11.3 Å². The van der Waals surface area contributed by atoms with Crippen molar-refractivity contribution in [2.24, 2.45) is 0 Å². The monoisotopic (exact) mass is 411 g/mol. The van der Waals surface area contributed by atoms with E-state index in [0.29, 0.717) is 16.2 Å². The maximum Gasteiger partial charge on any atom is 0.319 e. The second-order valence-electron chi connectivity index (χ2n) is 6.48. The van der Waals surface area contributed by atoms with E-state index in [9.17, 15) is 17.2 Å². The van der Waals surface area contributed by atoms with E-state index in [2.05, 4.69) is 23.8 Å². The Balaban J connectivity index is 1.73. The molecular formula is C18H19F2N3O2S2. The van der Waals surface area contributed by atoms with Gasteiger partial charge in [0, 0.05) is 23.3 Å². The molecule has 0 aliphatic carbocycles. The Morgan fingerprint density at radius 1 is 1.15 bits per heavy atom. The van der Waals surface area contributed by atoms with Crippen LogP contribution in [0.2, 0.25) is 0 Å². The summed E-state index contributed by atoms with van der Waals surface area (Å²) in [5.41, 5.74) is 2.53. The van der Waals surface area contributed by atoms with Crippen LogP contribution in [0, 0.1) is 0 Å². The largest absolute Gasteiger partial charge is 0.319 e. The van der Waals surface area contributed by atoms with Gasteiger partial charge in [0.15, 0.2) is 9.84 Å². The standard InChI is InChI=1S/C18H19F2N3O2S2/c1-12(2)13-3-5-14(6-4-13)17-22-15(9-26-17)10-27(24,25)11-16-21-7-8-23(16)18(19)20/h3-9,12,18H,10-11H2,1-2H3. The zero-order valence-electron chi connectivity index (χ0n) is 14.8. The Hall–Kier alpha value is -2.13. The van der Waals surface area contributed by atoms with Crippen LogP contribution in [0.3, 0.4) is 0 Å². The molecule has 1 aromatic carbocycles. The zero-order chi connectivity index (χ0) is 19.6. The van der Waals surface area contributed by atoms with Crippen LogP contribution in [0.25, 0.3) is 10.6 Å². The number of thiazole rings is 1. The number of benzene rings is 1. The van der Waals surface area contributed by atoms with Crippen LogP contribution in [0.4, 0.5) is 8.78 Å². The fraction of sp³-hybridized carbons (Fsp3) is 0.333. The smallest absolute Gasteiger partial charge is 0.277 e. The summed E-state index contributed by atoms with van der Waals surface area (Å²) in [6.45, 7) is 1.40. The highest BCUT2D eigenvalue weighted by Gasteiger charge is 2.21. The first-order chi connectivity index (χ1) is 12.7. The first-order valence-electron chi connectivity index (χ1n) is 8.30. The highest BCUT2D eigenvalue weighted by Crippen LogP contribution is 2.27. The van der Waals surface area contributed by atoms with Gasteiger partial charge < -0.3 is 0 Å². The van der Waals surface area contributed by atoms with Crippen LogP contribution >= 0.6 is 11.3 Å². The molecular weight excluding hydrogens is 392 g/mol. The van der Waals surface area contributed by atoms with E-state index >= 15 is 0 Å². The average molecular weight is 411 g/mol. The molecule has 0 fully saturated rings. The van der Waals surface area contributed by atoms with E-state index in [1.165, 1.54) is 23.1 Å². The van der Waals surface area contributed by atoms with Crippen LogP contribution < -0.4 is 0 Å². The van der Waals surface area contributed by atoms with Crippen molar-refractivity contribution in [2.75, 3.05) is 0 Å².